The molecule has 0 amide bonds. The van der Waals surface area contributed by atoms with Crippen LogP contribution < -0.4 is 0 Å². The van der Waals surface area contributed by atoms with Gasteiger partial charge < -0.3 is 0 Å². The van der Waals surface area contributed by atoms with E-state index in [1.165, 1.54) is 238 Å². The molecule has 46 heavy (non-hydrogen) atoms. The van der Waals surface area contributed by atoms with Crippen molar-refractivity contribution in [1.82, 2.24) is 0 Å². The fourth-order valence-electron chi connectivity index (χ4n) is 8.13. The summed E-state index contributed by atoms with van der Waals surface area (Å²) in [6, 6.07) is 0. The Morgan fingerprint density at radius 2 is 0.500 bits per heavy atom. The van der Waals surface area contributed by atoms with Gasteiger partial charge in [-0.05, 0) is 24.2 Å². The van der Waals surface area contributed by atoms with Crippen LogP contribution in [0.3, 0.4) is 0 Å². The smallest absolute Gasteiger partial charge is 0.0386 e. The van der Waals surface area contributed by atoms with E-state index >= 15 is 0 Å². The SMILES string of the molecule is CCCCCCCCCCCC(CCCCCCCCCC)CC(CCCCCCCCCC)C(C)CCCCCCCCCC. The molecule has 3 unspecified atom stereocenters. The molecule has 0 N–H and O–H groups in total. The van der Waals surface area contributed by atoms with Gasteiger partial charge in [-0.2, -0.15) is 0 Å². The van der Waals surface area contributed by atoms with Crippen molar-refractivity contribution in [2.24, 2.45) is 17.8 Å². The van der Waals surface area contributed by atoms with Crippen LogP contribution in [0.5, 0.6) is 0 Å². The molecule has 0 aromatic carbocycles. The lowest BCUT2D eigenvalue weighted by Gasteiger charge is -2.29. The summed E-state index contributed by atoms with van der Waals surface area (Å²) in [5, 5.41) is 0. The van der Waals surface area contributed by atoms with E-state index in [0.29, 0.717) is 0 Å². The van der Waals surface area contributed by atoms with Crippen molar-refractivity contribution in [3.63, 3.8) is 0 Å². The van der Waals surface area contributed by atoms with Crippen LogP contribution in [0.2, 0.25) is 0 Å². The molecule has 3 atom stereocenters. The highest BCUT2D eigenvalue weighted by Crippen LogP contribution is 2.34. The Morgan fingerprint density at radius 1 is 0.261 bits per heavy atom. The fraction of sp³-hybridized carbons (Fsp3) is 1.00. The Hall–Kier alpha value is 0. The van der Waals surface area contributed by atoms with Crippen molar-refractivity contribution in [3.05, 3.63) is 0 Å². The van der Waals surface area contributed by atoms with Crippen LogP contribution in [0.15, 0.2) is 0 Å². The maximum Gasteiger partial charge on any atom is -0.0386 e. The average Bonchev–Trinajstić information content (AvgIpc) is 3.06. The second-order valence-electron chi connectivity index (χ2n) is 16.2. The molecular weight excluding hydrogens is 553 g/mol. The van der Waals surface area contributed by atoms with Gasteiger partial charge in [0.1, 0.15) is 0 Å². The second kappa shape index (κ2) is 39.4. The van der Waals surface area contributed by atoms with Gasteiger partial charge in [0.2, 0.25) is 0 Å². The summed E-state index contributed by atoms with van der Waals surface area (Å²) in [6.07, 6.45) is 56.1. The molecule has 0 rings (SSSR count). The lowest BCUT2D eigenvalue weighted by molar-refractivity contribution is 0.225. The van der Waals surface area contributed by atoms with Gasteiger partial charge in [-0.1, -0.05) is 272 Å². The Balaban J connectivity index is 4.86. The Kier molecular flexibility index (Phi) is 39.4. The first-order chi connectivity index (χ1) is 22.7. The van der Waals surface area contributed by atoms with Crippen molar-refractivity contribution < 1.29 is 0 Å². The van der Waals surface area contributed by atoms with Crippen molar-refractivity contribution in [2.75, 3.05) is 0 Å². The van der Waals surface area contributed by atoms with E-state index in [0.717, 1.165) is 17.8 Å². The molecule has 278 valence electrons. The highest BCUT2D eigenvalue weighted by Gasteiger charge is 2.21. The molecule has 0 aliphatic heterocycles. The monoisotopic (exact) mass is 647 g/mol. The molecule has 0 bridgehead atoms. The minimum absolute atomic E-state index is 0.939. The summed E-state index contributed by atoms with van der Waals surface area (Å²) in [5.41, 5.74) is 0. The van der Waals surface area contributed by atoms with Crippen LogP contribution in [0, 0.1) is 17.8 Å². The van der Waals surface area contributed by atoms with Crippen molar-refractivity contribution in [2.45, 2.75) is 279 Å². The highest BCUT2D eigenvalue weighted by molar-refractivity contribution is 4.73. The predicted molar refractivity (Wildman–Crippen MR) is 214 cm³/mol. The molecule has 0 radical (unpaired) electrons. The summed E-state index contributed by atoms with van der Waals surface area (Å²) < 4.78 is 0. The van der Waals surface area contributed by atoms with Gasteiger partial charge in [-0.25, -0.2) is 0 Å². The maximum absolute atomic E-state index is 2.67. The van der Waals surface area contributed by atoms with E-state index in [-0.39, 0.29) is 0 Å². The van der Waals surface area contributed by atoms with E-state index in [2.05, 4.69) is 34.6 Å². The van der Waals surface area contributed by atoms with E-state index < -0.39 is 0 Å². The van der Waals surface area contributed by atoms with Crippen molar-refractivity contribution in [1.29, 1.82) is 0 Å². The first kappa shape index (κ1) is 46.0. The summed E-state index contributed by atoms with van der Waals surface area (Å²) >= 11 is 0. The molecular formula is C46H94. The largest absolute Gasteiger partial charge is 0.0654 e. The molecule has 0 aromatic rings. The van der Waals surface area contributed by atoms with E-state index in [1.54, 1.807) is 6.42 Å². The third-order valence-corrected chi connectivity index (χ3v) is 11.6. The van der Waals surface area contributed by atoms with Crippen LogP contribution in [0.1, 0.15) is 279 Å². The van der Waals surface area contributed by atoms with Gasteiger partial charge in [0, 0.05) is 0 Å². The number of hydrogen-bond acceptors (Lipinski definition) is 0. The van der Waals surface area contributed by atoms with E-state index in [1.807, 2.05) is 0 Å². The average molecular weight is 647 g/mol. The molecule has 0 saturated carbocycles. The van der Waals surface area contributed by atoms with Gasteiger partial charge in [0.05, 0.1) is 0 Å². The van der Waals surface area contributed by atoms with Crippen LogP contribution in [-0.4, -0.2) is 0 Å². The summed E-state index contributed by atoms with van der Waals surface area (Å²) in [5.74, 6) is 2.93. The predicted octanol–water partition coefficient (Wildman–Crippen LogP) is 17.8. The summed E-state index contributed by atoms with van der Waals surface area (Å²) in [6.45, 7) is 12.0. The zero-order valence-electron chi connectivity index (χ0n) is 33.6. The molecule has 0 aliphatic rings. The summed E-state index contributed by atoms with van der Waals surface area (Å²) in [7, 11) is 0. The minimum atomic E-state index is 0.939. The third-order valence-electron chi connectivity index (χ3n) is 11.6. The Bertz CT molecular complexity index is 522. The molecule has 0 nitrogen and oxygen atoms in total. The lowest BCUT2D eigenvalue weighted by Crippen LogP contribution is -2.17. The van der Waals surface area contributed by atoms with Crippen LogP contribution in [0.4, 0.5) is 0 Å². The first-order valence-electron chi connectivity index (χ1n) is 22.7. The Morgan fingerprint density at radius 3 is 0.804 bits per heavy atom. The van der Waals surface area contributed by atoms with Gasteiger partial charge in [0.25, 0.3) is 0 Å². The molecule has 0 aromatic heterocycles. The molecule has 0 spiro atoms. The normalized spacial score (nSPS) is 13.8. The van der Waals surface area contributed by atoms with E-state index in [4.69, 9.17) is 0 Å². The summed E-state index contributed by atoms with van der Waals surface area (Å²) in [4.78, 5) is 0. The van der Waals surface area contributed by atoms with Crippen molar-refractivity contribution >= 4 is 0 Å². The van der Waals surface area contributed by atoms with Crippen LogP contribution in [0.25, 0.3) is 0 Å². The molecule has 0 aliphatic carbocycles. The van der Waals surface area contributed by atoms with Crippen LogP contribution in [-0.2, 0) is 0 Å². The molecule has 0 fully saturated rings. The maximum atomic E-state index is 2.67. The van der Waals surface area contributed by atoms with Crippen LogP contribution >= 0.6 is 0 Å². The lowest BCUT2D eigenvalue weighted by atomic mass is 9.77. The zero-order chi connectivity index (χ0) is 33.6. The standard InChI is InChI=1S/C46H94/c1-6-10-14-18-22-26-29-33-37-41-45(40-36-32-28-24-20-16-12-8-3)43-46(42-38-34-30-25-21-17-13-9-4)44(5)39-35-31-27-23-19-15-11-7-2/h44-46H,6-43H2,1-5H3. The Labute approximate surface area is 295 Å². The topological polar surface area (TPSA) is 0 Å². The first-order valence-corrected chi connectivity index (χ1v) is 22.7. The van der Waals surface area contributed by atoms with Gasteiger partial charge in [-0.3, -0.25) is 0 Å². The molecule has 0 heteroatoms. The quantitative estimate of drug-likeness (QED) is 0.0581. The van der Waals surface area contributed by atoms with Gasteiger partial charge in [0.15, 0.2) is 0 Å². The molecule has 0 saturated heterocycles. The number of hydrogen-bond donors (Lipinski definition) is 0. The second-order valence-corrected chi connectivity index (χ2v) is 16.2. The fourth-order valence-corrected chi connectivity index (χ4v) is 8.13. The van der Waals surface area contributed by atoms with E-state index in [9.17, 15) is 0 Å². The number of rotatable bonds is 40. The van der Waals surface area contributed by atoms with Gasteiger partial charge in [-0.15, -0.1) is 0 Å². The third kappa shape index (κ3) is 33.9. The molecule has 0 heterocycles. The highest BCUT2D eigenvalue weighted by atomic mass is 14.3. The van der Waals surface area contributed by atoms with Gasteiger partial charge >= 0.3 is 0 Å². The van der Waals surface area contributed by atoms with Crippen molar-refractivity contribution in [3.8, 4) is 0 Å². The zero-order valence-corrected chi connectivity index (χ0v) is 33.6. The number of unbranched alkanes of at least 4 members (excludes halogenated alkanes) is 29. The minimum Gasteiger partial charge on any atom is -0.0654 e.